The quantitative estimate of drug-likeness (QED) is 0.894. The summed E-state index contributed by atoms with van der Waals surface area (Å²) in [5.74, 6) is 1.00. The summed E-state index contributed by atoms with van der Waals surface area (Å²) in [7, 11) is 3.12. The van der Waals surface area contributed by atoms with Crippen LogP contribution < -0.4 is 14.8 Å². The molecule has 0 spiro atoms. The molecule has 132 valence electrons. The number of nitrogens with one attached hydrogen (secondary N) is 1. The van der Waals surface area contributed by atoms with E-state index in [9.17, 15) is 9.59 Å². The molecule has 0 bridgehead atoms. The van der Waals surface area contributed by atoms with Crippen LogP contribution in [0.15, 0.2) is 18.2 Å². The van der Waals surface area contributed by atoms with Gasteiger partial charge in [0, 0.05) is 25.1 Å². The van der Waals surface area contributed by atoms with Crippen LogP contribution in [-0.2, 0) is 9.53 Å². The van der Waals surface area contributed by atoms with Crippen LogP contribution in [0.2, 0.25) is 0 Å². The smallest absolute Gasteiger partial charge is 0.409 e. The fourth-order valence-electron chi connectivity index (χ4n) is 2.68. The van der Waals surface area contributed by atoms with Crippen LogP contribution in [0.4, 0.5) is 10.5 Å². The molecule has 0 aromatic heterocycles. The van der Waals surface area contributed by atoms with E-state index in [2.05, 4.69) is 5.32 Å². The van der Waals surface area contributed by atoms with Crippen molar-refractivity contribution in [1.82, 2.24) is 4.90 Å². The predicted molar refractivity (Wildman–Crippen MR) is 89.5 cm³/mol. The van der Waals surface area contributed by atoms with Crippen molar-refractivity contribution < 1.29 is 23.8 Å². The lowest BCUT2D eigenvalue weighted by Gasteiger charge is -2.30. The summed E-state index contributed by atoms with van der Waals surface area (Å²) in [6.45, 7) is 3.18. The van der Waals surface area contributed by atoms with E-state index in [1.54, 1.807) is 44.2 Å². The predicted octanol–water partition coefficient (Wildman–Crippen LogP) is 2.51. The zero-order valence-electron chi connectivity index (χ0n) is 14.3. The van der Waals surface area contributed by atoms with E-state index in [0.29, 0.717) is 49.7 Å². The largest absolute Gasteiger partial charge is 0.497 e. The van der Waals surface area contributed by atoms with Crippen molar-refractivity contribution in [3.05, 3.63) is 18.2 Å². The molecule has 0 atom stereocenters. The number of benzene rings is 1. The second kappa shape index (κ2) is 8.42. The van der Waals surface area contributed by atoms with Crippen molar-refractivity contribution in [1.29, 1.82) is 0 Å². The fraction of sp³-hybridized carbons (Fsp3) is 0.529. The van der Waals surface area contributed by atoms with E-state index in [1.807, 2.05) is 0 Å². The highest BCUT2D eigenvalue weighted by molar-refractivity contribution is 5.94. The average Bonchev–Trinajstić information content (AvgIpc) is 2.62. The lowest BCUT2D eigenvalue weighted by Crippen LogP contribution is -2.41. The summed E-state index contributed by atoms with van der Waals surface area (Å²) in [6.07, 6.45) is 0.917. The van der Waals surface area contributed by atoms with Gasteiger partial charge in [-0.05, 0) is 31.9 Å². The van der Waals surface area contributed by atoms with Gasteiger partial charge in [0.2, 0.25) is 5.91 Å². The number of carbonyl (C=O) groups is 2. The van der Waals surface area contributed by atoms with E-state index < -0.39 is 0 Å². The molecule has 2 rings (SSSR count). The standard InChI is InChI=1S/C17H24N2O5/c1-4-24-17(21)19-9-7-12(8-10-19)16(20)18-14-6-5-13(22-2)11-15(14)23-3/h5-6,11-12H,4,7-10H2,1-3H3,(H,18,20). The van der Waals surface area contributed by atoms with Gasteiger partial charge in [-0.1, -0.05) is 0 Å². The SMILES string of the molecule is CCOC(=O)N1CCC(C(=O)Nc2ccc(OC)cc2OC)CC1. The lowest BCUT2D eigenvalue weighted by atomic mass is 9.96. The van der Waals surface area contributed by atoms with Gasteiger partial charge in [0.05, 0.1) is 26.5 Å². The van der Waals surface area contributed by atoms with Gasteiger partial charge in [-0.3, -0.25) is 4.79 Å². The molecule has 0 unspecified atom stereocenters. The molecule has 0 aliphatic carbocycles. The first-order chi connectivity index (χ1) is 11.6. The summed E-state index contributed by atoms with van der Waals surface area (Å²) >= 11 is 0. The topological polar surface area (TPSA) is 77.1 Å². The van der Waals surface area contributed by atoms with Crippen molar-refractivity contribution in [3.63, 3.8) is 0 Å². The third-order valence-electron chi connectivity index (χ3n) is 4.06. The van der Waals surface area contributed by atoms with Crippen LogP contribution in [0.1, 0.15) is 19.8 Å². The van der Waals surface area contributed by atoms with Crippen LogP contribution in [0.5, 0.6) is 11.5 Å². The Bertz CT molecular complexity index is 582. The summed E-state index contributed by atoms with van der Waals surface area (Å²) in [6, 6.07) is 5.24. The molecule has 7 heteroatoms. The summed E-state index contributed by atoms with van der Waals surface area (Å²) in [4.78, 5) is 25.8. The minimum Gasteiger partial charge on any atom is -0.497 e. The van der Waals surface area contributed by atoms with E-state index in [4.69, 9.17) is 14.2 Å². The molecular formula is C17H24N2O5. The van der Waals surface area contributed by atoms with Crippen molar-refractivity contribution in [3.8, 4) is 11.5 Å². The van der Waals surface area contributed by atoms with Crippen LogP contribution in [0, 0.1) is 5.92 Å². The van der Waals surface area contributed by atoms with E-state index in [-0.39, 0.29) is 17.9 Å². The Morgan fingerprint density at radius 2 is 1.92 bits per heavy atom. The van der Waals surface area contributed by atoms with Gasteiger partial charge in [-0.2, -0.15) is 0 Å². The highest BCUT2D eigenvalue weighted by atomic mass is 16.6. The van der Waals surface area contributed by atoms with Crippen LogP contribution in [0.3, 0.4) is 0 Å². The molecule has 1 aliphatic rings. The Morgan fingerprint density at radius 1 is 1.21 bits per heavy atom. The Kier molecular flexibility index (Phi) is 6.28. The monoisotopic (exact) mass is 336 g/mol. The molecule has 1 aromatic carbocycles. The second-order valence-electron chi connectivity index (χ2n) is 5.52. The minimum absolute atomic E-state index is 0.0676. The van der Waals surface area contributed by atoms with E-state index in [0.717, 1.165) is 0 Å². The first-order valence-electron chi connectivity index (χ1n) is 8.03. The molecule has 1 saturated heterocycles. The number of hydrogen-bond donors (Lipinski definition) is 1. The number of likely N-dealkylation sites (tertiary alicyclic amines) is 1. The number of anilines is 1. The highest BCUT2D eigenvalue weighted by Crippen LogP contribution is 2.30. The molecular weight excluding hydrogens is 312 g/mol. The molecule has 1 aliphatic heterocycles. The molecule has 24 heavy (non-hydrogen) atoms. The number of carbonyl (C=O) groups excluding carboxylic acids is 2. The van der Waals surface area contributed by atoms with Crippen molar-refractivity contribution in [2.75, 3.05) is 39.2 Å². The van der Waals surface area contributed by atoms with Crippen molar-refractivity contribution in [2.45, 2.75) is 19.8 Å². The molecule has 7 nitrogen and oxygen atoms in total. The van der Waals surface area contributed by atoms with Gasteiger partial charge >= 0.3 is 6.09 Å². The summed E-state index contributed by atoms with van der Waals surface area (Å²) in [5, 5.41) is 2.90. The van der Waals surface area contributed by atoms with Gasteiger partial charge in [0.15, 0.2) is 0 Å². The average molecular weight is 336 g/mol. The van der Waals surface area contributed by atoms with Crippen LogP contribution in [-0.4, -0.2) is 50.8 Å². The molecule has 0 saturated carbocycles. The maximum absolute atomic E-state index is 12.5. The minimum atomic E-state index is -0.312. The zero-order chi connectivity index (χ0) is 17.5. The highest BCUT2D eigenvalue weighted by Gasteiger charge is 2.28. The molecule has 0 radical (unpaired) electrons. The van der Waals surface area contributed by atoms with E-state index in [1.165, 1.54) is 0 Å². The van der Waals surface area contributed by atoms with Gasteiger partial charge < -0.3 is 24.4 Å². The van der Waals surface area contributed by atoms with Crippen molar-refractivity contribution in [2.24, 2.45) is 5.92 Å². The molecule has 1 fully saturated rings. The number of methoxy groups -OCH3 is 2. The lowest BCUT2D eigenvalue weighted by molar-refractivity contribution is -0.121. The van der Waals surface area contributed by atoms with Crippen LogP contribution >= 0.6 is 0 Å². The zero-order valence-corrected chi connectivity index (χ0v) is 14.3. The maximum Gasteiger partial charge on any atom is 0.409 e. The molecule has 1 aromatic rings. The Labute approximate surface area is 141 Å². The number of hydrogen-bond acceptors (Lipinski definition) is 5. The number of ether oxygens (including phenoxy) is 3. The molecule has 1 heterocycles. The molecule has 2 amide bonds. The van der Waals surface area contributed by atoms with Gasteiger partial charge in [-0.15, -0.1) is 0 Å². The van der Waals surface area contributed by atoms with Gasteiger partial charge in [0.25, 0.3) is 0 Å². The summed E-state index contributed by atoms with van der Waals surface area (Å²) < 4.78 is 15.4. The maximum atomic E-state index is 12.5. The normalized spacial score (nSPS) is 14.9. The first-order valence-corrected chi connectivity index (χ1v) is 8.03. The fourth-order valence-corrected chi connectivity index (χ4v) is 2.68. The second-order valence-corrected chi connectivity index (χ2v) is 5.52. The Balaban J connectivity index is 1.93. The third-order valence-corrected chi connectivity index (χ3v) is 4.06. The number of amides is 2. The summed E-state index contributed by atoms with van der Waals surface area (Å²) in [5.41, 5.74) is 0.608. The Morgan fingerprint density at radius 3 is 2.50 bits per heavy atom. The number of piperidine rings is 1. The van der Waals surface area contributed by atoms with Crippen molar-refractivity contribution >= 4 is 17.7 Å². The third kappa shape index (κ3) is 4.31. The van der Waals surface area contributed by atoms with Gasteiger partial charge in [-0.25, -0.2) is 4.79 Å². The Hall–Kier alpha value is -2.44. The number of nitrogens with zero attached hydrogens (tertiary/aromatic N) is 1. The first kappa shape index (κ1) is 17.9. The number of rotatable bonds is 5. The van der Waals surface area contributed by atoms with Gasteiger partial charge in [0.1, 0.15) is 11.5 Å². The van der Waals surface area contributed by atoms with E-state index >= 15 is 0 Å². The molecule has 1 N–H and O–H groups in total. The van der Waals surface area contributed by atoms with Crippen LogP contribution in [0.25, 0.3) is 0 Å².